The van der Waals surface area contributed by atoms with Crippen molar-refractivity contribution in [1.29, 1.82) is 0 Å². The molecule has 1 fully saturated rings. The summed E-state index contributed by atoms with van der Waals surface area (Å²) in [5.74, 6) is -0.820. The predicted molar refractivity (Wildman–Crippen MR) is 108 cm³/mol. The summed E-state index contributed by atoms with van der Waals surface area (Å²) in [7, 11) is -3.77. The molecular formula is C18H18N4O8S. The number of amides is 1. The maximum Gasteiger partial charge on any atom is 0.277 e. The van der Waals surface area contributed by atoms with Crippen molar-refractivity contribution in [1.82, 2.24) is 4.72 Å². The quantitative estimate of drug-likeness (QED) is 0.455. The lowest BCUT2D eigenvalue weighted by Crippen LogP contribution is -2.31. The van der Waals surface area contributed by atoms with Crippen LogP contribution in [0.1, 0.15) is 23.2 Å². The molecule has 1 aliphatic rings. The van der Waals surface area contributed by atoms with Crippen molar-refractivity contribution in [3.63, 3.8) is 0 Å². The van der Waals surface area contributed by atoms with Crippen LogP contribution in [-0.2, 0) is 14.8 Å². The highest BCUT2D eigenvalue weighted by Crippen LogP contribution is 2.24. The molecule has 12 nitrogen and oxygen atoms in total. The number of carbonyl (C=O) groups excluding carboxylic acids is 1. The molecule has 0 aliphatic carbocycles. The average molecular weight is 450 g/mol. The van der Waals surface area contributed by atoms with Crippen LogP contribution in [0.25, 0.3) is 0 Å². The second-order valence-corrected chi connectivity index (χ2v) is 8.48. The van der Waals surface area contributed by atoms with Gasteiger partial charge in [0, 0.05) is 31.0 Å². The van der Waals surface area contributed by atoms with Crippen molar-refractivity contribution in [2.45, 2.75) is 23.8 Å². The first-order valence-corrected chi connectivity index (χ1v) is 10.6. The van der Waals surface area contributed by atoms with Crippen LogP contribution in [0.3, 0.4) is 0 Å². The van der Waals surface area contributed by atoms with E-state index in [0.29, 0.717) is 6.61 Å². The minimum absolute atomic E-state index is 0.0190. The molecule has 1 heterocycles. The van der Waals surface area contributed by atoms with Crippen molar-refractivity contribution >= 4 is 33.0 Å². The van der Waals surface area contributed by atoms with Gasteiger partial charge >= 0.3 is 0 Å². The van der Waals surface area contributed by atoms with E-state index >= 15 is 0 Å². The molecule has 1 atom stereocenters. The number of non-ortho nitro benzene ring substituents is 2. The number of nitrogens with zero attached hydrogens (tertiary/aromatic N) is 2. The second-order valence-electron chi connectivity index (χ2n) is 6.72. The molecule has 2 aromatic rings. The van der Waals surface area contributed by atoms with E-state index < -0.39 is 37.2 Å². The van der Waals surface area contributed by atoms with Crippen molar-refractivity contribution in [3.05, 3.63) is 68.3 Å². The Morgan fingerprint density at radius 2 is 1.68 bits per heavy atom. The van der Waals surface area contributed by atoms with Crippen LogP contribution < -0.4 is 10.0 Å². The van der Waals surface area contributed by atoms with E-state index in [9.17, 15) is 33.4 Å². The minimum atomic E-state index is -3.77. The Balaban J connectivity index is 1.71. The van der Waals surface area contributed by atoms with E-state index in [1.165, 1.54) is 24.3 Å². The summed E-state index contributed by atoms with van der Waals surface area (Å²) in [4.78, 5) is 32.6. The van der Waals surface area contributed by atoms with Crippen molar-refractivity contribution in [3.8, 4) is 0 Å². The second kappa shape index (κ2) is 9.16. The third kappa shape index (κ3) is 5.59. The Labute approximate surface area is 176 Å². The molecule has 1 amide bonds. The Morgan fingerprint density at radius 1 is 1.06 bits per heavy atom. The molecule has 0 aromatic heterocycles. The molecule has 0 saturated carbocycles. The number of benzene rings is 2. The highest BCUT2D eigenvalue weighted by atomic mass is 32.2. The average Bonchev–Trinajstić information content (AvgIpc) is 3.26. The third-order valence-corrected chi connectivity index (χ3v) is 5.97. The summed E-state index contributed by atoms with van der Waals surface area (Å²) in [6, 6.07) is 7.81. The lowest BCUT2D eigenvalue weighted by atomic mass is 10.1. The summed E-state index contributed by atoms with van der Waals surface area (Å²) in [5, 5.41) is 24.3. The molecule has 1 saturated heterocycles. The fourth-order valence-electron chi connectivity index (χ4n) is 2.95. The van der Waals surface area contributed by atoms with Gasteiger partial charge in [0.25, 0.3) is 17.3 Å². The van der Waals surface area contributed by atoms with Crippen LogP contribution in [0.4, 0.5) is 17.1 Å². The van der Waals surface area contributed by atoms with E-state index in [2.05, 4.69) is 10.0 Å². The maximum absolute atomic E-state index is 12.4. The van der Waals surface area contributed by atoms with E-state index in [4.69, 9.17) is 4.74 Å². The fourth-order valence-corrected chi connectivity index (χ4v) is 4.02. The van der Waals surface area contributed by atoms with E-state index in [1.54, 1.807) is 0 Å². The van der Waals surface area contributed by atoms with Gasteiger partial charge in [-0.05, 0) is 37.1 Å². The van der Waals surface area contributed by atoms with Crippen LogP contribution in [0, 0.1) is 20.2 Å². The Kier molecular flexibility index (Phi) is 6.58. The molecule has 0 radical (unpaired) electrons. The molecule has 0 spiro atoms. The summed E-state index contributed by atoms with van der Waals surface area (Å²) in [5.41, 5.74) is -1.27. The lowest BCUT2D eigenvalue weighted by Gasteiger charge is -2.12. The number of carbonyl (C=O) groups is 1. The molecule has 0 bridgehead atoms. The van der Waals surface area contributed by atoms with E-state index in [1.807, 2.05) is 0 Å². The van der Waals surface area contributed by atoms with Crippen molar-refractivity contribution < 1.29 is 27.8 Å². The first-order valence-electron chi connectivity index (χ1n) is 9.12. The number of nitrogens with one attached hydrogen (secondary N) is 2. The number of hydrogen-bond donors (Lipinski definition) is 2. The molecule has 2 N–H and O–H groups in total. The summed E-state index contributed by atoms with van der Waals surface area (Å²) in [6.45, 7) is 0.765. The van der Waals surface area contributed by atoms with Crippen molar-refractivity contribution in [2.75, 3.05) is 18.5 Å². The number of ether oxygens (including phenoxy) is 1. The van der Waals surface area contributed by atoms with Gasteiger partial charge in [-0.15, -0.1) is 0 Å². The largest absolute Gasteiger partial charge is 0.377 e. The molecule has 13 heteroatoms. The predicted octanol–water partition coefficient (Wildman–Crippen LogP) is 2.21. The first-order chi connectivity index (χ1) is 14.7. The SMILES string of the molecule is O=C(Nc1ccc(S(=O)(=O)NCC2CCCO2)cc1)c1cc([N+](=O)[O-])cc([N+](=O)[O-])c1. The van der Waals surface area contributed by atoms with Gasteiger partial charge in [-0.1, -0.05) is 0 Å². The number of nitro groups is 2. The lowest BCUT2D eigenvalue weighted by molar-refractivity contribution is -0.394. The zero-order valence-electron chi connectivity index (χ0n) is 16.0. The number of anilines is 1. The van der Waals surface area contributed by atoms with Gasteiger partial charge in [0.05, 0.1) is 32.5 Å². The molecule has 3 rings (SSSR count). The summed E-state index contributed by atoms with van der Waals surface area (Å²) >= 11 is 0. The first kappa shape index (κ1) is 22.3. The number of hydrogen-bond acceptors (Lipinski definition) is 8. The van der Waals surface area contributed by atoms with Gasteiger partial charge in [0.1, 0.15) is 0 Å². The summed E-state index contributed by atoms with van der Waals surface area (Å²) < 4.78 is 32.6. The molecule has 1 unspecified atom stereocenters. The van der Waals surface area contributed by atoms with Gasteiger partial charge in [-0.2, -0.15) is 0 Å². The van der Waals surface area contributed by atoms with Crippen LogP contribution in [-0.4, -0.2) is 43.4 Å². The van der Waals surface area contributed by atoms with E-state index in [-0.39, 0.29) is 28.8 Å². The van der Waals surface area contributed by atoms with Crippen LogP contribution in [0.2, 0.25) is 0 Å². The Morgan fingerprint density at radius 3 is 2.19 bits per heavy atom. The standard InChI is InChI=1S/C18H18N4O8S/c23-18(12-8-14(21(24)25)10-15(9-12)22(26)27)20-13-3-5-17(6-4-13)31(28,29)19-11-16-2-1-7-30-16/h3-6,8-10,16,19H,1-2,7,11H2,(H,20,23). The smallest absolute Gasteiger partial charge is 0.277 e. The maximum atomic E-state index is 12.4. The minimum Gasteiger partial charge on any atom is -0.377 e. The number of sulfonamides is 1. The zero-order chi connectivity index (χ0) is 22.6. The topological polar surface area (TPSA) is 171 Å². The fraction of sp³-hybridized carbons (Fsp3) is 0.278. The van der Waals surface area contributed by atoms with E-state index in [0.717, 1.165) is 31.0 Å². The van der Waals surface area contributed by atoms with Crippen LogP contribution >= 0.6 is 0 Å². The van der Waals surface area contributed by atoms with Crippen molar-refractivity contribution in [2.24, 2.45) is 0 Å². The molecule has 164 valence electrons. The molecule has 2 aromatic carbocycles. The van der Waals surface area contributed by atoms with Crippen LogP contribution in [0.5, 0.6) is 0 Å². The molecular weight excluding hydrogens is 432 g/mol. The van der Waals surface area contributed by atoms with Gasteiger partial charge in [0.15, 0.2) is 0 Å². The van der Waals surface area contributed by atoms with Gasteiger partial charge in [0.2, 0.25) is 10.0 Å². The molecule has 31 heavy (non-hydrogen) atoms. The van der Waals surface area contributed by atoms with Crippen LogP contribution in [0.15, 0.2) is 47.4 Å². The summed E-state index contributed by atoms with van der Waals surface area (Å²) in [6.07, 6.45) is 1.50. The normalized spacial score (nSPS) is 16.1. The highest BCUT2D eigenvalue weighted by molar-refractivity contribution is 7.89. The number of nitro benzene ring substituents is 2. The zero-order valence-corrected chi connectivity index (χ0v) is 16.8. The van der Waals surface area contributed by atoms with Gasteiger partial charge in [-0.25, -0.2) is 13.1 Å². The Hall–Kier alpha value is -3.42. The highest BCUT2D eigenvalue weighted by Gasteiger charge is 2.22. The van der Waals surface area contributed by atoms with Gasteiger partial charge in [-0.3, -0.25) is 25.0 Å². The third-order valence-electron chi connectivity index (χ3n) is 4.53. The molecule has 1 aliphatic heterocycles. The number of rotatable bonds is 8. The monoisotopic (exact) mass is 450 g/mol. The Bertz CT molecular complexity index is 1080. The van der Waals surface area contributed by atoms with Gasteiger partial charge < -0.3 is 10.1 Å².